The fourth-order valence-electron chi connectivity index (χ4n) is 1.03. The van der Waals surface area contributed by atoms with E-state index in [4.69, 9.17) is 0 Å². The number of aromatic amines is 1. The zero-order valence-corrected chi connectivity index (χ0v) is 8.62. The number of halogens is 1. The number of aromatic nitrogens is 2. The number of nitrogens with one attached hydrogen (secondary N) is 1. The van der Waals surface area contributed by atoms with Gasteiger partial charge < -0.3 is 4.98 Å². The van der Waals surface area contributed by atoms with Crippen LogP contribution >= 0.6 is 27.3 Å². The Hall–Kier alpha value is -0.680. The van der Waals surface area contributed by atoms with Crippen LogP contribution in [0.15, 0.2) is 14.6 Å². The van der Waals surface area contributed by atoms with Gasteiger partial charge in [-0.15, -0.1) is 11.3 Å². The molecule has 0 aliphatic rings. The lowest BCUT2D eigenvalue weighted by molar-refractivity contribution is 1.06. The maximum absolute atomic E-state index is 11.3. The SMILES string of the molecule is Cc1nc2cc(Br)sc2c(=O)[nH]1. The first kappa shape index (κ1) is 7.94. The summed E-state index contributed by atoms with van der Waals surface area (Å²) in [7, 11) is 0. The summed E-state index contributed by atoms with van der Waals surface area (Å²) in [6, 6.07) is 1.85. The lowest BCUT2D eigenvalue weighted by Crippen LogP contribution is -2.07. The molecule has 0 saturated carbocycles. The highest BCUT2D eigenvalue weighted by Crippen LogP contribution is 2.25. The van der Waals surface area contributed by atoms with Gasteiger partial charge in [0, 0.05) is 0 Å². The standard InChI is InChI=1S/C7H5BrN2OS/c1-3-9-4-2-5(8)12-6(4)7(11)10-3/h2H,1H3,(H,9,10,11). The van der Waals surface area contributed by atoms with Crippen molar-refractivity contribution in [3.8, 4) is 0 Å². The van der Waals surface area contributed by atoms with Crippen LogP contribution in [-0.4, -0.2) is 9.97 Å². The number of hydrogen-bond acceptors (Lipinski definition) is 3. The van der Waals surface area contributed by atoms with Gasteiger partial charge >= 0.3 is 0 Å². The maximum Gasteiger partial charge on any atom is 0.268 e. The first-order chi connectivity index (χ1) is 5.66. The van der Waals surface area contributed by atoms with Gasteiger partial charge in [-0.1, -0.05) is 0 Å². The predicted molar refractivity (Wildman–Crippen MR) is 52.7 cm³/mol. The molecule has 0 spiro atoms. The van der Waals surface area contributed by atoms with E-state index in [-0.39, 0.29) is 5.56 Å². The molecule has 3 nitrogen and oxygen atoms in total. The van der Waals surface area contributed by atoms with Crippen LogP contribution in [0, 0.1) is 6.92 Å². The molecule has 2 rings (SSSR count). The molecule has 0 amide bonds. The number of H-pyrrole nitrogens is 1. The van der Waals surface area contributed by atoms with Crippen molar-refractivity contribution in [2.45, 2.75) is 6.92 Å². The second-order valence-electron chi connectivity index (χ2n) is 2.42. The van der Waals surface area contributed by atoms with Gasteiger partial charge in [0.1, 0.15) is 10.5 Å². The molecule has 0 saturated heterocycles. The zero-order chi connectivity index (χ0) is 8.72. The molecule has 0 radical (unpaired) electrons. The third-order valence-corrected chi connectivity index (χ3v) is 3.10. The van der Waals surface area contributed by atoms with Crippen LogP contribution in [0.25, 0.3) is 10.2 Å². The minimum atomic E-state index is -0.0619. The van der Waals surface area contributed by atoms with Crippen LogP contribution in [0.1, 0.15) is 5.82 Å². The third-order valence-electron chi connectivity index (χ3n) is 1.47. The van der Waals surface area contributed by atoms with Crippen molar-refractivity contribution >= 4 is 37.5 Å². The van der Waals surface area contributed by atoms with Gasteiger partial charge in [0.25, 0.3) is 5.56 Å². The Morgan fingerprint density at radius 3 is 3.17 bits per heavy atom. The second kappa shape index (κ2) is 2.67. The number of hydrogen-bond donors (Lipinski definition) is 1. The van der Waals surface area contributed by atoms with Gasteiger partial charge in [-0.25, -0.2) is 4.98 Å². The van der Waals surface area contributed by atoms with Gasteiger partial charge in [0.05, 0.1) is 9.30 Å². The van der Waals surface area contributed by atoms with Crippen LogP contribution < -0.4 is 5.56 Å². The number of thiophene rings is 1. The van der Waals surface area contributed by atoms with E-state index in [1.165, 1.54) is 11.3 Å². The largest absolute Gasteiger partial charge is 0.310 e. The summed E-state index contributed by atoms with van der Waals surface area (Å²) >= 11 is 4.71. The Morgan fingerprint density at radius 1 is 1.67 bits per heavy atom. The van der Waals surface area contributed by atoms with Crippen molar-refractivity contribution in [3.05, 3.63) is 26.0 Å². The molecule has 1 N–H and O–H groups in total. The first-order valence-corrected chi connectivity index (χ1v) is 4.94. The van der Waals surface area contributed by atoms with Gasteiger partial charge in [-0.3, -0.25) is 4.79 Å². The lowest BCUT2D eigenvalue weighted by atomic mass is 10.4. The summed E-state index contributed by atoms with van der Waals surface area (Å²) in [6.45, 7) is 1.77. The summed E-state index contributed by atoms with van der Waals surface area (Å²) in [5.74, 6) is 0.651. The predicted octanol–water partition coefficient (Wildman–Crippen LogP) is 2.06. The highest BCUT2D eigenvalue weighted by molar-refractivity contribution is 9.11. The molecule has 2 aromatic heterocycles. The van der Waals surface area contributed by atoms with Crippen LogP contribution in [0.3, 0.4) is 0 Å². The van der Waals surface area contributed by atoms with Crippen molar-refractivity contribution in [1.29, 1.82) is 0 Å². The van der Waals surface area contributed by atoms with Crippen LogP contribution in [0.4, 0.5) is 0 Å². The Bertz CT molecular complexity index is 488. The molecule has 5 heteroatoms. The number of fused-ring (bicyclic) bond motifs is 1. The molecule has 0 aliphatic heterocycles. The average Bonchev–Trinajstić information content (AvgIpc) is 2.29. The van der Waals surface area contributed by atoms with E-state index in [9.17, 15) is 4.79 Å². The average molecular weight is 245 g/mol. The normalized spacial score (nSPS) is 10.8. The van der Waals surface area contributed by atoms with Gasteiger partial charge in [0.2, 0.25) is 0 Å². The number of aryl methyl sites for hydroxylation is 1. The minimum absolute atomic E-state index is 0.0619. The van der Waals surface area contributed by atoms with Crippen molar-refractivity contribution < 1.29 is 0 Å². The molecule has 0 unspecified atom stereocenters. The molecule has 0 atom stereocenters. The van der Waals surface area contributed by atoms with Crippen molar-refractivity contribution in [1.82, 2.24) is 9.97 Å². The van der Waals surface area contributed by atoms with Crippen molar-refractivity contribution in [2.75, 3.05) is 0 Å². The highest BCUT2D eigenvalue weighted by atomic mass is 79.9. The third kappa shape index (κ3) is 1.19. The zero-order valence-electron chi connectivity index (χ0n) is 6.22. The molecule has 0 bridgehead atoms. The molecule has 62 valence electrons. The van der Waals surface area contributed by atoms with E-state index in [0.717, 1.165) is 9.30 Å². The van der Waals surface area contributed by atoms with Crippen LogP contribution in [-0.2, 0) is 0 Å². The molecule has 0 aliphatic carbocycles. The summed E-state index contributed by atoms with van der Waals surface area (Å²) in [6.07, 6.45) is 0. The molecule has 0 fully saturated rings. The quantitative estimate of drug-likeness (QED) is 0.772. The van der Waals surface area contributed by atoms with E-state index in [1.54, 1.807) is 6.92 Å². The fourth-order valence-corrected chi connectivity index (χ4v) is 2.45. The smallest absolute Gasteiger partial charge is 0.268 e. The number of nitrogens with zero attached hydrogens (tertiary/aromatic N) is 1. The van der Waals surface area contributed by atoms with Gasteiger partial charge in [-0.05, 0) is 28.9 Å². The molecule has 2 aromatic rings. The molecular weight excluding hydrogens is 240 g/mol. The Balaban J connectivity index is 2.98. The van der Waals surface area contributed by atoms with Crippen molar-refractivity contribution in [2.24, 2.45) is 0 Å². The van der Waals surface area contributed by atoms with E-state index in [2.05, 4.69) is 25.9 Å². The topological polar surface area (TPSA) is 45.8 Å². The van der Waals surface area contributed by atoms with Crippen LogP contribution in [0.5, 0.6) is 0 Å². The Morgan fingerprint density at radius 2 is 2.42 bits per heavy atom. The first-order valence-electron chi connectivity index (χ1n) is 3.33. The van der Waals surface area contributed by atoms with Crippen molar-refractivity contribution in [3.63, 3.8) is 0 Å². The van der Waals surface area contributed by atoms with Gasteiger partial charge in [0.15, 0.2) is 0 Å². The minimum Gasteiger partial charge on any atom is -0.310 e. The highest BCUT2D eigenvalue weighted by Gasteiger charge is 2.04. The van der Waals surface area contributed by atoms with E-state index < -0.39 is 0 Å². The number of rotatable bonds is 0. The molecular formula is C7H5BrN2OS. The summed E-state index contributed by atoms with van der Waals surface area (Å²) in [5, 5.41) is 0. The lowest BCUT2D eigenvalue weighted by Gasteiger charge is -1.90. The molecule has 0 aromatic carbocycles. The van der Waals surface area contributed by atoms with Crippen LogP contribution in [0.2, 0.25) is 0 Å². The van der Waals surface area contributed by atoms with E-state index in [1.807, 2.05) is 6.07 Å². The van der Waals surface area contributed by atoms with E-state index in [0.29, 0.717) is 10.5 Å². The second-order valence-corrected chi connectivity index (χ2v) is 4.85. The monoisotopic (exact) mass is 244 g/mol. The fraction of sp³-hybridized carbons (Fsp3) is 0.143. The molecule has 12 heavy (non-hydrogen) atoms. The Labute approximate surface area is 80.6 Å². The van der Waals surface area contributed by atoms with E-state index >= 15 is 0 Å². The summed E-state index contributed by atoms with van der Waals surface area (Å²) < 4.78 is 1.61. The Kier molecular flexibility index (Phi) is 1.77. The summed E-state index contributed by atoms with van der Waals surface area (Å²) in [4.78, 5) is 18.1. The molecule has 2 heterocycles. The van der Waals surface area contributed by atoms with Gasteiger partial charge in [-0.2, -0.15) is 0 Å². The summed E-state index contributed by atoms with van der Waals surface area (Å²) in [5.41, 5.74) is 0.696. The maximum atomic E-state index is 11.3.